The fraction of sp³-hybridized carbons (Fsp3) is 0.471. The molecule has 0 N–H and O–H groups in total. The van der Waals surface area contributed by atoms with Crippen molar-refractivity contribution in [3.63, 3.8) is 0 Å². The first-order chi connectivity index (χ1) is 10.2. The van der Waals surface area contributed by atoms with Crippen LogP contribution in [-0.4, -0.2) is 25.8 Å². The Balaban J connectivity index is 2.60. The predicted molar refractivity (Wildman–Crippen MR) is 82.9 cm³/mol. The van der Waals surface area contributed by atoms with E-state index in [4.69, 9.17) is 14.2 Å². The maximum absolute atomic E-state index is 11.5. The normalized spacial score (nSPS) is 10.0. The molecule has 4 heteroatoms. The van der Waals surface area contributed by atoms with E-state index < -0.39 is 0 Å². The van der Waals surface area contributed by atoms with Crippen LogP contribution in [0.5, 0.6) is 11.5 Å². The molecule has 0 amide bonds. The molecule has 0 aromatic heterocycles. The molecule has 116 valence electrons. The minimum Gasteiger partial charge on any atom is -0.494 e. The summed E-state index contributed by atoms with van der Waals surface area (Å²) in [5.74, 6) is 1.10. The SMILES string of the molecule is C=CCc1cc(OCC)ccc1OCC(=O)OCCCC. The lowest BCUT2D eigenvalue weighted by Gasteiger charge is -2.12. The number of carbonyl (C=O) groups is 1. The third kappa shape index (κ3) is 6.34. The van der Waals surface area contributed by atoms with Crippen molar-refractivity contribution in [2.24, 2.45) is 0 Å². The topological polar surface area (TPSA) is 44.8 Å². The minimum absolute atomic E-state index is 0.0815. The fourth-order valence-corrected chi connectivity index (χ4v) is 1.78. The first-order valence-electron chi connectivity index (χ1n) is 7.36. The van der Waals surface area contributed by atoms with Crippen molar-refractivity contribution < 1.29 is 19.0 Å². The molecular weight excluding hydrogens is 268 g/mol. The van der Waals surface area contributed by atoms with Gasteiger partial charge >= 0.3 is 5.97 Å². The van der Waals surface area contributed by atoms with Crippen LogP contribution in [0.1, 0.15) is 32.3 Å². The van der Waals surface area contributed by atoms with Gasteiger partial charge in [0.05, 0.1) is 13.2 Å². The third-order valence-electron chi connectivity index (χ3n) is 2.81. The van der Waals surface area contributed by atoms with Gasteiger partial charge in [0.25, 0.3) is 0 Å². The van der Waals surface area contributed by atoms with E-state index in [1.54, 1.807) is 6.08 Å². The van der Waals surface area contributed by atoms with Crippen molar-refractivity contribution in [2.45, 2.75) is 33.1 Å². The highest BCUT2D eigenvalue weighted by atomic mass is 16.6. The van der Waals surface area contributed by atoms with Crippen LogP contribution in [0.2, 0.25) is 0 Å². The van der Waals surface area contributed by atoms with Crippen molar-refractivity contribution in [1.29, 1.82) is 0 Å². The molecule has 1 rings (SSSR count). The number of esters is 1. The van der Waals surface area contributed by atoms with E-state index >= 15 is 0 Å². The summed E-state index contributed by atoms with van der Waals surface area (Å²) in [6.45, 7) is 8.68. The molecule has 21 heavy (non-hydrogen) atoms. The van der Waals surface area contributed by atoms with Crippen LogP contribution >= 0.6 is 0 Å². The number of rotatable bonds is 10. The van der Waals surface area contributed by atoms with Gasteiger partial charge < -0.3 is 14.2 Å². The van der Waals surface area contributed by atoms with Gasteiger partial charge in [-0.1, -0.05) is 19.4 Å². The molecule has 0 aliphatic carbocycles. The Morgan fingerprint density at radius 3 is 2.76 bits per heavy atom. The quantitative estimate of drug-likeness (QED) is 0.376. The van der Waals surface area contributed by atoms with E-state index in [1.807, 2.05) is 32.0 Å². The number of unbranched alkanes of at least 4 members (excludes halogenated alkanes) is 1. The van der Waals surface area contributed by atoms with Crippen molar-refractivity contribution in [1.82, 2.24) is 0 Å². The summed E-state index contributed by atoms with van der Waals surface area (Å²) in [6, 6.07) is 5.54. The zero-order valence-electron chi connectivity index (χ0n) is 12.9. The van der Waals surface area contributed by atoms with E-state index in [2.05, 4.69) is 6.58 Å². The maximum atomic E-state index is 11.5. The highest BCUT2D eigenvalue weighted by molar-refractivity contribution is 5.71. The molecule has 0 aliphatic rings. The van der Waals surface area contributed by atoms with Crippen LogP contribution in [0.4, 0.5) is 0 Å². The Bertz CT molecular complexity index is 454. The van der Waals surface area contributed by atoms with Crippen LogP contribution in [-0.2, 0) is 16.0 Å². The molecule has 1 aromatic carbocycles. The third-order valence-corrected chi connectivity index (χ3v) is 2.81. The lowest BCUT2D eigenvalue weighted by molar-refractivity contribution is -0.146. The average Bonchev–Trinajstić information content (AvgIpc) is 2.47. The number of carbonyl (C=O) groups excluding carboxylic acids is 1. The lowest BCUT2D eigenvalue weighted by atomic mass is 10.1. The highest BCUT2D eigenvalue weighted by Crippen LogP contribution is 2.25. The predicted octanol–water partition coefficient (Wildman–Crippen LogP) is 3.54. The standard InChI is InChI=1S/C17H24O4/c1-4-7-11-20-17(18)13-21-16-10-9-15(19-6-3)12-14(16)8-5-2/h5,9-10,12H,2,4,6-8,11,13H2,1,3H3. The highest BCUT2D eigenvalue weighted by Gasteiger charge is 2.08. The van der Waals surface area contributed by atoms with Gasteiger partial charge in [0.15, 0.2) is 6.61 Å². The molecule has 0 bridgehead atoms. The molecule has 0 atom stereocenters. The second kappa shape index (κ2) is 9.86. The molecule has 1 aromatic rings. The van der Waals surface area contributed by atoms with Gasteiger partial charge in [-0.05, 0) is 38.0 Å². The molecule has 0 heterocycles. The summed E-state index contributed by atoms with van der Waals surface area (Å²) in [6.07, 6.45) is 4.31. The van der Waals surface area contributed by atoms with Crippen molar-refractivity contribution >= 4 is 5.97 Å². The van der Waals surface area contributed by atoms with Crippen LogP contribution in [0.25, 0.3) is 0 Å². The van der Waals surface area contributed by atoms with E-state index in [9.17, 15) is 4.79 Å². The maximum Gasteiger partial charge on any atom is 0.344 e. The summed E-state index contributed by atoms with van der Waals surface area (Å²) in [5, 5.41) is 0. The molecule has 0 spiro atoms. The van der Waals surface area contributed by atoms with Gasteiger partial charge in [0, 0.05) is 5.56 Å². The van der Waals surface area contributed by atoms with E-state index in [0.29, 0.717) is 25.4 Å². The Morgan fingerprint density at radius 1 is 1.29 bits per heavy atom. The molecule has 0 aliphatic heterocycles. The molecule has 0 unspecified atom stereocenters. The Morgan fingerprint density at radius 2 is 2.10 bits per heavy atom. The van der Waals surface area contributed by atoms with E-state index in [1.165, 1.54) is 0 Å². The van der Waals surface area contributed by atoms with Gasteiger partial charge in [0.2, 0.25) is 0 Å². The summed E-state index contributed by atoms with van der Waals surface area (Å²) in [5.41, 5.74) is 0.942. The Labute approximate surface area is 126 Å². The molecular formula is C17H24O4. The van der Waals surface area contributed by atoms with Gasteiger partial charge in [0.1, 0.15) is 11.5 Å². The van der Waals surface area contributed by atoms with E-state index in [-0.39, 0.29) is 12.6 Å². The van der Waals surface area contributed by atoms with Crippen molar-refractivity contribution in [3.05, 3.63) is 36.4 Å². The number of hydrogen-bond donors (Lipinski definition) is 0. The van der Waals surface area contributed by atoms with Crippen molar-refractivity contribution in [3.8, 4) is 11.5 Å². The Kier molecular flexibility index (Phi) is 8.02. The number of benzene rings is 1. The second-order valence-corrected chi connectivity index (χ2v) is 4.56. The Hall–Kier alpha value is -1.97. The number of ether oxygens (including phenoxy) is 3. The second-order valence-electron chi connectivity index (χ2n) is 4.56. The largest absolute Gasteiger partial charge is 0.494 e. The number of allylic oxidation sites excluding steroid dienone is 1. The van der Waals surface area contributed by atoms with E-state index in [0.717, 1.165) is 24.2 Å². The monoisotopic (exact) mass is 292 g/mol. The summed E-state index contributed by atoms with van der Waals surface area (Å²) >= 11 is 0. The van der Waals surface area contributed by atoms with Gasteiger partial charge in [-0.15, -0.1) is 6.58 Å². The molecule has 0 radical (unpaired) electrons. The van der Waals surface area contributed by atoms with Gasteiger partial charge in [-0.2, -0.15) is 0 Å². The van der Waals surface area contributed by atoms with Crippen LogP contribution in [0.3, 0.4) is 0 Å². The van der Waals surface area contributed by atoms with Crippen LogP contribution < -0.4 is 9.47 Å². The summed E-state index contributed by atoms with van der Waals surface area (Å²) in [7, 11) is 0. The first-order valence-corrected chi connectivity index (χ1v) is 7.36. The van der Waals surface area contributed by atoms with Crippen molar-refractivity contribution in [2.75, 3.05) is 19.8 Å². The minimum atomic E-state index is -0.345. The lowest BCUT2D eigenvalue weighted by Crippen LogP contribution is -2.16. The molecule has 0 saturated heterocycles. The molecule has 0 fully saturated rings. The first kappa shape index (κ1) is 17.1. The smallest absolute Gasteiger partial charge is 0.344 e. The molecule has 4 nitrogen and oxygen atoms in total. The summed E-state index contributed by atoms with van der Waals surface area (Å²) in [4.78, 5) is 11.5. The fourth-order valence-electron chi connectivity index (χ4n) is 1.78. The van der Waals surface area contributed by atoms with Crippen LogP contribution in [0.15, 0.2) is 30.9 Å². The average molecular weight is 292 g/mol. The van der Waals surface area contributed by atoms with Gasteiger partial charge in [-0.25, -0.2) is 4.79 Å². The summed E-state index contributed by atoms with van der Waals surface area (Å²) < 4.78 is 16.1. The molecule has 0 saturated carbocycles. The zero-order valence-corrected chi connectivity index (χ0v) is 12.9. The van der Waals surface area contributed by atoms with Crippen LogP contribution in [0, 0.1) is 0 Å². The van der Waals surface area contributed by atoms with Gasteiger partial charge in [-0.3, -0.25) is 0 Å². The zero-order chi connectivity index (χ0) is 15.5. The number of hydrogen-bond acceptors (Lipinski definition) is 4.